The molecule has 0 aromatic heterocycles. The van der Waals surface area contributed by atoms with E-state index in [4.69, 9.17) is 10.5 Å². The number of hydrogen-bond donors (Lipinski definition) is 2. The van der Waals surface area contributed by atoms with E-state index in [9.17, 15) is 0 Å². The first-order valence-electron chi connectivity index (χ1n) is 8.17. The number of aliphatic imine (C=N–C) groups is 1. The van der Waals surface area contributed by atoms with Crippen molar-refractivity contribution in [3.8, 4) is 5.75 Å². The summed E-state index contributed by atoms with van der Waals surface area (Å²) in [5.41, 5.74) is 7.14. The van der Waals surface area contributed by atoms with E-state index in [0.29, 0.717) is 12.5 Å². The molecule has 3 N–H and O–H groups in total. The van der Waals surface area contributed by atoms with Crippen LogP contribution in [0.15, 0.2) is 29.3 Å². The average Bonchev–Trinajstić information content (AvgIpc) is 3.07. The summed E-state index contributed by atoms with van der Waals surface area (Å²) in [7, 11) is 1.72. The van der Waals surface area contributed by atoms with Crippen LogP contribution in [0.2, 0.25) is 0 Å². The third-order valence-electron chi connectivity index (χ3n) is 4.07. The Morgan fingerprint density at radius 2 is 2.09 bits per heavy atom. The molecular formula is C17H28N4O. The molecule has 1 fully saturated rings. The van der Waals surface area contributed by atoms with Crippen molar-refractivity contribution in [3.05, 3.63) is 29.8 Å². The summed E-state index contributed by atoms with van der Waals surface area (Å²) in [6, 6.07) is 8.43. The van der Waals surface area contributed by atoms with E-state index < -0.39 is 0 Å². The summed E-state index contributed by atoms with van der Waals surface area (Å²) < 4.78 is 5.54. The normalized spacial score (nSPS) is 17.5. The van der Waals surface area contributed by atoms with Gasteiger partial charge >= 0.3 is 0 Å². The number of rotatable bonds is 7. The average molecular weight is 304 g/mol. The molecule has 0 aliphatic carbocycles. The Labute approximate surface area is 133 Å². The second kappa shape index (κ2) is 8.63. The number of nitrogens with one attached hydrogen (secondary N) is 1. The highest BCUT2D eigenvalue weighted by molar-refractivity contribution is 5.77. The van der Waals surface area contributed by atoms with Gasteiger partial charge in [0.05, 0.1) is 19.7 Å². The summed E-state index contributed by atoms with van der Waals surface area (Å²) in [5.74, 6) is 1.45. The lowest BCUT2D eigenvalue weighted by atomic mass is 10.0. The number of methoxy groups -OCH3 is 1. The van der Waals surface area contributed by atoms with Crippen molar-refractivity contribution in [2.45, 2.75) is 32.2 Å². The molecule has 1 saturated heterocycles. The SMILES string of the molecule is CCCNC(N)=NCC(c1ccccc1OC)N1CCCC1. The molecule has 0 spiro atoms. The number of para-hydroxylation sites is 1. The minimum Gasteiger partial charge on any atom is -0.496 e. The smallest absolute Gasteiger partial charge is 0.188 e. The van der Waals surface area contributed by atoms with Gasteiger partial charge in [-0.1, -0.05) is 25.1 Å². The first kappa shape index (κ1) is 16.6. The van der Waals surface area contributed by atoms with Crippen LogP contribution in [0.1, 0.15) is 37.8 Å². The highest BCUT2D eigenvalue weighted by Crippen LogP contribution is 2.31. The van der Waals surface area contributed by atoms with Crippen LogP contribution in [0, 0.1) is 0 Å². The van der Waals surface area contributed by atoms with Crippen molar-refractivity contribution in [2.75, 3.05) is 33.3 Å². The molecule has 1 heterocycles. The maximum atomic E-state index is 5.94. The maximum absolute atomic E-state index is 5.94. The largest absolute Gasteiger partial charge is 0.496 e. The molecule has 1 unspecified atom stereocenters. The van der Waals surface area contributed by atoms with Gasteiger partial charge in [-0.3, -0.25) is 9.89 Å². The van der Waals surface area contributed by atoms with Gasteiger partial charge in [0.1, 0.15) is 5.75 Å². The molecule has 1 atom stereocenters. The van der Waals surface area contributed by atoms with Crippen molar-refractivity contribution >= 4 is 5.96 Å². The van der Waals surface area contributed by atoms with Crippen LogP contribution in [0.25, 0.3) is 0 Å². The number of benzene rings is 1. The molecule has 0 amide bonds. The second-order valence-corrected chi connectivity index (χ2v) is 5.65. The molecular weight excluding hydrogens is 276 g/mol. The predicted molar refractivity (Wildman–Crippen MR) is 91.3 cm³/mol. The maximum Gasteiger partial charge on any atom is 0.188 e. The van der Waals surface area contributed by atoms with E-state index in [1.54, 1.807) is 7.11 Å². The molecule has 1 aromatic rings. The Morgan fingerprint density at radius 1 is 1.36 bits per heavy atom. The lowest BCUT2D eigenvalue weighted by Crippen LogP contribution is -2.34. The minimum atomic E-state index is 0.223. The fourth-order valence-electron chi connectivity index (χ4n) is 2.90. The standard InChI is InChI=1S/C17H28N4O/c1-3-10-19-17(18)20-13-15(21-11-6-7-12-21)14-8-4-5-9-16(14)22-2/h4-5,8-9,15H,3,6-7,10-13H2,1-2H3,(H3,18,19,20). The summed E-state index contributed by atoms with van der Waals surface area (Å²) in [5, 5.41) is 3.14. The van der Waals surface area contributed by atoms with E-state index >= 15 is 0 Å². The number of likely N-dealkylation sites (tertiary alicyclic amines) is 1. The van der Waals surface area contributed by atoms with Crippen LogP contribution >= 0.6 is 0 Å². The fraction of sp³-hybridized carbons (Fsp3) is 0.588. The van der Waals surface area contributed by atoms with Gasteiger partial charge in [0.15, 0.2) is 5.96 Å². The number of nitrogens with two attached hydrogens (primary N) is 1. The number of nitrogens with zero attached hydrogens (tertiary/aromatic N) is 2. The molecule has 0 saturated carbocycles. The molecule has 1 aromatic carbocycles. The van der Waals surface area contributed by atoms with Gasteiger partial charge < -0.3 is 15.8 Å². The molecule has 1 aliphatic heterocycles. The van der Waals surface area contributed by atoms with E-state index in [1.165, 1.54) is 18.4 Å². The summed E-state index contributed by atoms with van der Waals surface area (Å²) >= 11 is 0. The Bertz CT molecular complexity index is 483. The third kappa shape index (κ3) is 4.37. The zero-order valence-electron chi connectivity index (χ0n) is 13.7. The minimum absolute atomic E-state index is 0.223. The number of hydrogen-bond acceptors (Lipinski definition) is 3. The molecule has 22 heavy (non-hydrogen) atoms. The monoisotopic (exact) mass is 304 g/mol. The Kier molecular flexibility index (Phi) is 6.52. The van der Waals surface area contributed by atoms with Gasteiger partial charge in [-0.15, -0.1) is 0 Å². The highest BCUT2D eigenvalue weighted by Gasteiger charge is 2.25. The van der Waals surface area contributed by atoms with Crippen LogP contribution in [0.5, 0.6) is 5.75 Å². The molecule has 122 valence electrons. The summed E-state index contributed by atoms with van der Waals surface area (Å²) in [4.78, 5) is 7.03. The lowest BCUT2D eigenvalue weighted by molar-refractivity contribution is 0.245. The van der Waals surface area contributed by atoms with Crippen molar-refractivity contribution < 1.29 is 4.74 Å². The highest BCUT2D eigenvalue weighted by atomic mass is 16.5. The summed E-state index contributed by atoms with van der Waals surface area (Å²) in [6.45, 7) is 5.85. The number of ether oxygens (including phenoxy) is 1. The molecule has 5 nitrogen and oxygen atoms in total. The van der Waals surface area contributed by atoms with Crippen molar-refractivity contribution in [3.63, 3.8) is 0 Å². The first-order valence-corrected chi connectivity index (χ1v) is 8.17. The third-order valence-corrected chi connectivity index (χ3v) is 4.07. The predicted octanol–water partition coefficient (Wildman–Crippen LogP) is 2.15. The fourth-order valence-corrected chi connectivity index (χ4v) is 2.90. The van der Waals surface area contributed by atoms with Crippen LogP contribution in [-0.2, 0) is 0 Å². The quantitative estimate of drug-likeness (QED) is 0.598. The molecule has 1 aliphatic rings. The zero-order valence-corrected chi connectivity index (χ0v) is 13.7. The molecule has 5 heteroatoms. The molecule has 0 bridgehead atoms. The Morgan fingerprint density at radius 3 is 2.77 bits per heavy atom. The van der Waals surface area contributed by atoms with Gasteiger partial charge in [-0.05, 0) is 38.4 Å². The van der Waals surface area contributed by atoms with E-state index in [0.717, 1.165) is 31.8 Å². The van der Waals surface area contributed by atoms with Crippen LogP contribution < -0.4 is 15.8 Å². The van der Waals surface area contributed by atoms with Gasteiger partial charge in [-0.2, -0.15) is 0 Å². The van der Waals surface area contributed by atoms with Gasteiger partial charge in [0.25, 0.3) is 0 Å². The number of guanidine groups is 1. The first-order chi connectivity index (χ1) is 10.8. The Hall–Kier alpha value is -1.75. The van der Waals surface area contributed by atoms with E-state index in [1.807, 2.05) is 12.1 Å². The van der Waals surface area contributed by atoms with Gasteiger partial charge in [0.2, 0.25) is 0 Å². The van der Waals surface area contributed by atoms with Crippen molar-refractivity contribution in [1.29, 1.82) is 0 Å². The molecule has 2 rings (SSSR count). The van der Waals surface area contributed by atoms with Gasteiger partial charge in [0, 0.05) is 12.1 Å². The summed E-state index contributed by atoms with van der Waals surface area (Å²) in [6.07, 6.45) is 3.54. The lowest BCUT2D eigenvalue weighted by Gasteiger charge is -2.28. The van der Waals surface area contributed by atoms with Crippen LogP contribution in [0.4, 0.5) is 0 Å². The second-order valence-electron chi connectivity index (χ2n) is 5.65. The Balaban J connectivity index is 2.16. The van der Waals surface area contributed by atoms with Crippen LogP contribution in [0.3, 0.4) is 0 Å². The topological polar surface area (TPSA) is 62.9 Å². The van der Waals surface area contributed by atoms with Crippen molar-refractivity contribution in [1.82, 2.24) is 10.2 Å². The van der Waals surface area contributed by atoms with Crippen molar-refractivity contribution in [2.24, 2.45) is 10.7 Å². The van der Waals surface area contributed by atoms with Crippen LogP contribution in [-0.4, -0.2) is 44.1 Å². The van der Waals surface area contributed by atoms with E-state index in [-0.39, 0.29) is 6.04 Å². The zero-order chi connectivity index (χ0) is 15.8. The van der Waals surface area contributed by atoms with Gasteiger partial charge in [-0.25, -0.2) is 0 Å². The van der Waals surface area contributed by atoms with E-state index in [2.05, 4.69) is 34.3 Å². The molecule has 0 radical (unpaired) electrons.